The number of anilines is 1. The van der Waals surface area contributed by atoms with E-state index in [2.05, 4.69) is 10.3 Å². The number of hydrogen-bond acceptors (Lipinski definition) is 4. The number of carbonyl (C=O) groups excluding carboxylic acids is 1. The highest BCUT2D eigenvalue weighted by Crippen LogP contribution is 2.47. The fourth-order valence-electron chi connectivity index (χ4n) is 3.09. The van der Waals surface area contributed by atoms with Crippen molar-refractivity contribution in [1.29, 1.82) is 0 Å². The highest BCUT2D eigenvalue weighted by atomic mass is 19.4. The Morgan fingerprint density at radius 1 is 1.13 bits per heavy atom. The van der Waals surface area contributed by atoms with E-state index in [-0.39, 0.29) is 17.9 Å². The van der Waals surface area contributed by atoms with Gasteiger partial charge in [-0.1, -0.05) is 36.4 Å². The van der Waals surface area contributed by atoms with Gasteiger partial charge in [0.25, 0.3) is 5.72 Å². The molecule has 0 saturated heterocycles. The SMILES string of the molecule is Cc1cc(C2(C(F)(F)F)N=C(c3ccccc3)CO2)ccc1NC(=O)OC(C)(C)C. The van der Waals surface area contributed by atoms with E-state index in [9.17, 15) is 18.0 Å². The van der Waals surface area contributed by atoms with Crippen LogP contribution in [0.4, 0.5) is 23.7 Å². The molecular formula is C22H23F3N2O3. The first-order valence-electron chi connectivity index (χ1n) is 9.37. The summed E-state index contributed by atoms with van der Waals surface area (Å²) in [5.41, 5.74) is -2.09. The van der Waals surface area contributed by atoms with Gasteiger partial charge in [-0.05, 0) is 51.0 Å². The number of amides is 1. The number of rotatable bonds is 3. The molecular weight excluding hydrogens is 397 g/mol. The Hall–Kier alpha value is -2.87. The van der Waals surface area contributed by atoms with Gasteiger partial charge in [0.15, 0.2) is 0 Å². The largest absolute Gasteiger partial charge is 0.444 e. The van der Waals surface area contributed by atoms with Crippen LogP contribution in [0.15, 0.2) is 53.5 Å². The van der Waals surface area contributed by atoms with Crippen LogP contribution in [0.3, 0.4) is 0 Å². The standard InChI is InChI=1S/C22H23F3N2O3/c1-14-12-16(10-11-17(14)26-19(28)30-20(2,3)4)21(22(23,24)25)27-18(13-29-21)15-8-6-5-7-9-15/h5-12H,13H2,1-4H3,(H,26,28). The molecule has 2 aromatic carbocycles. The van der Waals surface area contributed by atoms with E-state index in [1.54, 1.807) is 58.0 Å². The Morgan fingerprint density at radius 2 is 1.80 bits per heavy atom. The minimum atomic E-state index is -4.77. The van der Waals surface area contributed by atoms with Gasteiger partial charge in [0.05, 0.1) is 12.3 Å². The summed E-state index contributed by atoms with van der Waals surface area (Å²) in [6.07, 6.45) is -5.46. The Morgan fingerprint density at radius 3 is 2.37 bits per heavy atom. The summed E-state index contributed by atoms with van der Waals surface area (Å²) >= 11 is 0. The van der Waals surface area contributed by atoms with Crippen LogP contribution in [0.1, 0.15) is 37.5 Å². The van der Waals surface area contributed by atoms with Crippen molar-refractivity contribution in [2.75, 3.05) is 11.9 Å². The van der Waals surface area contributed by atoms with E-state index in [4.69, 9.17) is 9.47 Å². The van der Waals surface area contributed by atoms with Gasteiger partial charge in [-0.2, -0.15) is 13.2 Å². The maximum Gasteiger partial charge on any atom is 0.443 e. The summed E-state index contributed by atoms with van der Waals surface area (Å²) in [7, 11) is 0. The molecule has 0 aliphatic carbocycles. The Bertz CT molecular complexity index is 966. The van der Waals surface area contributed by atoms with Crippen molar-refractivity contribution in [3.8, 4) is 0 Å². The predicted octanol–water partition coefficient (Wildman–Crippen LogP) is 5.58. The third-order valence-corrected chi connectivity index (χ3v) is 4.45. The second-order valence-corrected chi connectivity index (χ2v) is 8.01. The summed E-state index contributed by atoms with van der Waals surface area (Å²) in [5.74, 6) is 0. The zero-order valence-electron chi connectivity index (χ0n) is 17.1. The first-order chi connectivity index (χ1) is 13.9. The van der Waals surface area contributed by atoms with Crippen molar-refractivity contribution >= 4 is 17.5 Å². The molecule has 0 spiro atoms. The second-order valence-electron chi connectivity index (χ2n) is 8.01. The molecule has 1 unspecified atom stereocenters. The molecule has 5 nitrogen and oxygen atoms in total. The third-order valence-electron chi connectivity index (χ3n) is 4.45. The number of alkyl halides is 3. The van der Waals surface area contributed by atoms with E-state index in [1.807, 2.05) is 0 Å². The lowest BCUT2D eigenvalue weighted by Crippen LogP contribution is -2.41. The Balaban J connectivity index is 1.94. The number of carbonyl (C=O) groups is 1. The van der Waals surface area contributed by atoms with Crippen LogP contribution >= 0.6 is 0 Å². The molecule has 1 heterocycles. The van der Waals surface area contributed by atoms with Gasteiger partial charge in [0.1, 0.15) is 5.60 Å². The fourth-order valence-corrected chi connectivity index (χ4v) is 3.09. The second kappa shape index (κ2) is 7.75. The van der Waals surface area contributed by atoms with E-state index in [0.29, 0.717) is 16.8 Å². The summed E-state index contributed by atoms with van der Waals surface area (Å²) in [6, 6.07) is 12.6. The number of halogens is 3. The zero-order valence-corrected chi connectivity index (χ0v) is 17.1. The fraction of sp³-hybridized carbons (Fsp3) is 0.364. The molecule has 1 aliphatic heterocycles. The molecule has 1 N–H and O–H groups in total. The van der Waals surface area contributed by atoms with Crippen molar-refractivity contribution in [3.63, 3.8) is 0 Å². The van der Waals surface area contributed by atoms with E-state index in [1.165, 1.54) is 18.2 Å². The summed E-state index contributed by atoms with van der Waals surface area (Å²) in [6.45, 7) is 6.48. The monoisotopic (exact) mass is 420 g/mol. The lowest BCUT2D eigenvalue weighted by atomic mass is 9.99. The summed E-state index contributed by atoms with van der Waals surface area (Å²) < 4.78 is 52.7. The molecule has 30 heavy (non-hydrogen) atoms. The minimum Gasteiger partial charge on any atom is -0.444 e. The van der Waals surface area contributed by atoms with Gasteiger partial charge in [0, 0.05) is 11.3 Å². The third kappa shape index (κ3) is 4.48. The molecule has 1 atom stereocenters. The molecule has 160 valence electrons. The maximum atomic E-state index is 14.1. The van der Waals surface area contributed by atoms with Crippen molar-refractivity contribution in [1.82, 2.24) is 0 Å². The molecule has 1 aliphatic rings. The molecule has 3 rings (SSSR count). The van der Waals surface area contributed by atoms with Gasteiger partial charge in [-0.25, -0.2) is 9.79 Å². The van der Waals surface area contributed by atoms with Crippen LogP contribution in [0.2, 0.25) is 0 Å². The highest BCUT2D eigenvalue weighted by Gasteiger charge is 2.60. The van der Waals surface area contributed by atoms with E-state index >= 15 is 0 Å². The van der Waals surface area contributed by atoms with Gasteiger partial charge in [-0.15, -0.1) is 0 Å². The van der Waals surface area contributed by atoms with E-state index < -0.39 is 23.6 Å². The zero-order chi connectivity index (χ0) is 22.2. The molecule has 0 aromatic heterocycles. The summed E-state index contributed by atoms with van der Waals surface area (Å²) in [5, 5.41) is 2.55. The smallest absolute Gasteiger partial charge is 0.443 e. The minimum absolute atomic E-state index is 0.159. The first kappa shape index (κ1) is 21.8. The number of aliphatic imine (C=N–C) groups is 1. The van der Waals surface area contributed by atoms with E-state index in [0.717, 1.165) is 0 Å². The molecule has 8 heteroatoms. The number of ether oxygens (including phenoxy) is 2. The normalized spacial score (nSPS) is 19.4. The molecule has 1 amide bonds. The van der Waals surface area contributed by atoms with Crippen molar-refractivity contribution in [3.05, 3.63) is 65.2 Å². The predicted molar refractivity (Wildman–Crippen MR) is 108 cm³/mol. The van der Waals surface area contributed by atoms with Crippen LogP contribution in [0.25, 0.3) is 0 Å². The van der Waals surface area contributed by atoms with Gasteiger partial charge < -0.3 is 9.47 Å². The number of nitrogens with one attached hydrogen (secondary N) is 1. The Kier molecular flexibility index (Phi) is 5.64. The van der Waals surface area contributed by atoms with Crippen molar-refractivity contribution < 1.29 is 27.4 Å². The Labute approximate surface area is 172 Å². The van der Waals surface area contributed by atoms with Gasteiger partial charge >= 0.3 is 12.3 Å². The van der Waals surface area contributed by atoms with Crippen LogP contribution in [-0.4, -0.2) is 30.2 Å². The van der Waals surface area contributed by atoms with Crippen LogP contribution < -0.4 is 5.32 Å². The molecule has 0 bridgehead atoms. The lowest BCUT2D eigenvalue weighted by Gasteiger charge is -2.29. The number of hydrogen-bond donors (Lipinski definition) is 1. The average Bonchev–Trinajstić information content (AvgIpc) is 3.09. The molecule has 0 radical (unpaired) electrons. The molecule has 0 fully saturated rings. The van der Waals surface area contributed by atoms with Crippen molar-refractivity contribution in [2.45, 2.75) is 45.2 Å². The number of benzene rings is 2. The number of aryl methyl sites for hydroxylation is 1. The molecule has 2 aromatic rings. The average molecular weight is 420 g/mol. The topological polar surface area (TPSA) is 59.9 Å². The van der Waals surface area contributed by atoms with Gasteiger partial charge in [0.2, 0.25) is 0 Å². The maximum absolute atomic E-state index is 14.1. The molecule has 0 saturated carbocycles. The quantitative estimate of drug-likeness (QED) is 0.706. The highest BCUT2D eigenvalue weighted by molar-refractivity contribution is 6.02. The van der Waals surface area contributed by atoms with Crippen LogP contribution in [-0.2, 0) is 15.2 Å². The van der Waals surface area contributed by atoms with Crippen LogP contribution in [0.5, 0.6) is 0 Å². The van der Waals surface area contributed by atoms with Gasteiger partial charge in [-0.3, -0.25) is 5.32 Å². The first-order valence-corrected chi connectivity index (χ1v) is 9.37. The van der Waals surface area contributed by atoms with Crippen LogP contribution in [0, 0.1) is 6.92 Å². The lowest BCUT2D eigenvalue weighted by molar-refractivity contribution is -0.270. The summed E-state index contributed by atoms with van der Waals surface area (Å²) in [4.78, 5) is 16.0. The number of nitrogens with zero attached hydrogens (tertiary/aromatic N) is 1. The van der Waals surface area contributed by atoms with Crippen molar-refractivity contribution in [2.24, 2.45) is 4.99 Å².